The lowest BCUT2D eigenvalue weighted by atomic mass is 9.58. The van der Waals surface area contributed by atoms with Crippen LogP contribution in [0, 0.1) is 5.41 Å². The number of rotatable bonds is 6. The van der Waals surface area contributed by atoms with Gasteiger partial charge < -0.3 is 10.1 Å². The number of hydrogen-bond acceptors (Lipinski definition) is 2. The molecule has 2 saturated carbocycles. The van der Waals surface area contributed by atoms with Crippen molar-refractivity contribution in [3.05, 3.63) is 0 Å². The maximum absolute atomic E-state index is 6.22. The number of ether oxygens (including phenoxy) is 1. The molecule has 0 aromatic carbocycles. The fourth-order valence-electron chi connectivity index (χ4n) is 4.02. The first-order chi connectivity index (χ1) is 8.83. The zero-order valence-electron chi connectivity index (χ0n) is 12.3. The largest absolute Gasteiger partial charge is 0.378 e. The molecule has 2 rings (SSSR count). The van der Waals surface area contributed by atoms with Crippen LogP contribution in [-0.4, -0.2) is 25.8 Å². The Balaban J connectivity index is 1.86. The van der Waals surface area contributed by atoms with E-state index in [1.54, 1.807) is 0 Å². The summed E-state index contributed by atoms with van der Waals surface area (Å²) in [5.74, 6) is 0. The van der Waals surface area contributed by atoms with Gasteiger partial charge in [-0.05, 0) is 32.7 Å². The third-order valence-electron chi connectivity index (χ3n) is 5.23. The highest BCUT2D eigenvalue weighted by molar-refractivity contribution is 5.07. The van der Waals surface area contributed by atoms with Crippen molar-refractivity contribution in [3.63, 3.8) is 0 Å². The van der Waals surface area contributed by atoms with E-state index < -0.39 is 0 Å². The van der Waals surface area contributed by atoms with E-state index in [0.717, 1.165) is 6.61 Å². The Morgan fingerprint density at radius 1 is 1.11 bits per heavy atom. The molecule has 0 amide bonds. The van der Waals surface area contributed by atoms with Crippen molar-refractivity contribution in [3.8, 4) is 0 Å². The summed E-state index contributed by atoms with van der Waals surface area (Å²) in [6.07, 6.45) is 14.1. The quantitative estimate of drug-likeness (QED) is 0.725. The van der Waals surface area contributed by atoms with Gasteiger partial charge in [0.15, 0.2) is 0 Å². The van der Waals surface area contributed by atoms with Gasteiger partial charge in [-0.2, -0.15) is 0 Å². The summed E-state index contributed by atoms with van der Waals surface area (Å²) in [6, 6.07) is 0.715. The summed E-state index contributed by atoms with van der Waals surface area (Å²) >= 11 is 0. The molecule has 2 aliphatic rings. The normalized spacial score (nSPS) is 31.0. The molecule has 1 N–H and O–H groups in total. The second kappa shape index (κ2) is 6.91. The van der Waals surface area contributed by atoms with Crippen LogP contribution in [0.4, 0.5) is 0 Å². The van der Waals surface area contributed by atoms with E-state index in [-0.39, 0.29) is 0 Å². The molecule has 106 valence electrons. The Morgan fingerprint density at radius 3 is 2.44 bits per heavy atom. The van der Waals surface area contributed by atoms with Crippen molar-refractivity contribution in [2.45, 2.75) is 83.3 Å². The average Bonchev–Trinajstić information content (AvgIpc) is 2.64. The third-order valence-corrected chi connectivity index (χ3v) is 5.23. The smallest absolute Gasteiger partial charge is 0.0661 e. The van der Waals surface area contributed by atoms with E-state index in [9.17, 15) is 0 Å². The number of nitrogens with one attached hydrogen (secondary N) is 1. The van der Waals surface area contributed by atoms with Crippen LogP contribution in [0.2, 0.25) is 0 Å². The maximum atomic E-state index is 6.22. The van der Waals surface area contributed by atoms with Gasteiger partial charge in [0, 0.05) is 18.1 Å². The highest BCUT2D eigenvalue weighted by Gasteiger charge is 2.54. The van der Waals surface area contributed by atoms with Gasteiger partial charge in [-0.15, -0.1) is 0 Å². The second-order valence-corrected chi connectivity index (χ2v) is 6.29. The van der Waals surface area contributed by atoms with Crippen molar-refractivity contribution in [2.75, 3.05) is 13.7 Å². The molecule has 1 spiro atoms. The van der Waals surface area contributed by atoms with Crippen LogP contribution >= 0.6 is 0 Å². The summed E-state index contributed by atoms with van der Waals surface area (Å²) in [4.78, 5) is 0. The highest BCUT2D eigenvalue weighted by atomic mass is 16.5. The molecule has 0 saturated heterocycles. The molecule has 0 aromatic heterocycles. The Hall–Kier alpha value is -0.0800. The van der Waals surface area contributed by atoms with Crippen molar-refractivity contribution >= 4 is 0 Å². The standard InChI is InChI=1S/C16H31NO/c1-3-4-9-12-18-15-13-14(17-2)16(15)10-7-5-6-8-11-16/h14-15,17H,3-13H2,1-2H3. The molecule has 2 fully saturated rings. The van der Waals surface area contributed by atoms with Gasteiger partial charge in [0.05, 0.1) is 6.10 Å². The van der Waals surface area contributed by atoms with E-state index in [2.05, 4.69) is 19.3 Å². The van der Waals surface area contributed by atoms with Gasteiger partial charge in [0.25, 0.3) is 0 Å². The van der Waals surface area contributed by atoms with Crippen LogP contribution in [0.25, 0.3) is 0 Å². The van der Waals surface area contributed by atoms with Gasteiger partial charge in [0.2, 0.25) is 0 Å². The monoisotopic (exact) mass is 253 g/mol. The summed E-state index contributed by atoms with van der Waals surface area (Å²) < 4.78 is 6.22. The molecular weight excluding hydrogens is 222 g/mol. The molecule has 0 bridgehead atoms. The molecule has 2 atom stereocenters. The van der Waals surface area contributed by atoms with Crippen LogP contribution in [-0.2, 0) is 4.74 Å². The second-order valence-electron chi connectivity index (χ2n) is 6.29. The fourth-order valence-corrected chi connectivity index (χ4v) is 4.02. The molecule has 2 nitrogen and oxygen atoms in total. The van der Waals surface area contributed by atoms with Gasteiger partial charge in [-0.3, -0.25) is 0 Å². The Bertz CT molecular complexity index is 233. The summed E-state index contributed by atoms with van der Waals surface area (Å²) in [6.45, 7) is 3.24. The lowest BCUT2D eigenvalue weighted by Crippen LogP contribution is -2.63. The first-order valence-electron chi connectivity index (χ1n) is 8.12. The van der Waals surface area contributed by atoms with E-state index >= 15 is 0 Å². The minimum Gasteiger partial charge on any atom is -0.378 e. The van der Waals surface area contributed by atoms with E-state index in [0.29, 0.717) is 17.6 Å². The third kappa shape index (κ3) is 2.91. The number of unbranched alkanes of at least 4 members (excludes halogenated alkanes) is 2. The van der Waals surface area contributed by atoms with Crippen LogP contribution < -0.4 is 5.32 Å². The van der Waals surface area contributed by atoms with Gasteiger partial charge >= 0.3 is 0 Å². The molecule has 2 aliphatic carbocycles. The zero-order valence-corrected chi connectivity index (χ0v) is 12.3. The van der Waals surface area contributed by atoms with Crippen molar-refractivity contribution in [2.24, 2.45) is 5.41 Å². The highest BCUT2D eigenvalue weighted by Crippen LogP contribution is 2.52. The van der Waals surface area contributed by atoms with E-state index in [1.165, 1.54) is 64.2 Å². The Labute approximate surface area is 113 Å². The summed E-state index contributed by atoms with van der Waals surface area (Å²) in [7, 11) is 2.13. The fraction of sp³-hybridized carbons (Fsp3) is 1.00. The summed E-state index contributed by atoms with van der Waals surface area (Å²) in [5.41, 5.74) is 0.484. The van der Waals surface area contributed by atoms with Crippen LogP contribution in [0.15, 0.2) is 0 Å². The molecule has 18 heavy (non-hydrogen) atoms. The zero-order chi connectivity index (χ0) is 12.8. The Morgan fingerprint density at radius 2 is 1.83 bits per heavy atom. The van der Waals surface area contributed by atoms with Crippen LogP contribution in [0.3, 0.4) is 0 Å². The van der Waals surface area contributed by atoms with Crippen molar-refractivity contribution < 1.29 is 4.74 Å². The predicted molar refractivity (Wildman–Crippen MR) is 76.9 cm³/mol. The van der Waals surface area contributed by atoms with Gasteiger partial charge in [0.1, 0.15) is 0 Å². The van der Waals surface area contributed by atoms with Gasteiger partial charge in [-0.1, -0.05) is 45.4 Å². The Kier molecular flexibility index (Phi) is 5.50. The lowest BCUT2D eigenvalue weighted by Gasteiger charge is -2.56. The molecule has 2 unspecified atom stereocenters. The SMILES string of the molecule is CCCCCOC1CC(NC)C12CCCCCC2. The first-order valence-corrected chi connectivity index (χ1v) is 8.12. The summed E-state index contributed by atoms with van der Waals surface area (Å²) in [5, 5.41) is 3.54. The maximum Gasteiger partial charge on any atom is 0.0661 e. The molecule has 0 heterocycles. The molecular formula is C16H31NO. The van der Waals surface area contributed by atoms with Crippen LogP contribution in [0.1, 0.15) is 71.1 Å². The first kappa shape index (κ1) is 14.3. The van der Waals surface area contributed by atoms with Crippen molar-refractivity contribution in [1.82, 2.24) is 5.32 Å². The number of hydrogen-bond donors (Lipinski definition) is 1. The van der Waals surface area contributed by atoms with E-state index in [4.69, 9.17) is 4.74 Å². The average molecular weight is 253 g/mol. The molecule has 0 aliphatic heterocycles. The van der Waals surface area contributed by atoms with Crippen LogP contribution in [0.5, 0.6) is 0 Å². The van der Waals surface area contributed by atoms with Crippen molar-refractivity contribution in [1.29, 1.82) is 0 Å². The minimum absolute atomic E-state index is 0.484. The lowest BCUT2D eigenvalue weighted by molar-refractivity contribution is -0.142. The topological polar surface area (TPSA) is 21.3 Å². The molecule has 2 heteroatoms. The minimum atomic E-state index is 0.484. The molecule has 0 aromatic rings. The predicted octanol–water partition coefficient (Wildman–Crippen LogP) is 3.89. The van der Waals surface area contributed by atoms with Gasteiger partial charge in [-0.25, -0.2) is 0 Å². The van der Waals surface area contributed by atoms with E-state index in [1.807, 2.05) is 0 Å². The molecule has 0 radical (unpaired) electrons.